The molecule has 0 aromatic heterocycles. The second-order valence-corrected chi connectivity index (χ2v) is 15.2. The number of ketones is 1. The first-order valence-electron chi connectivity index (χ1n) is 16.8. The van der Waals surface area contributed by atoms with Crippen molar-refractivity contribution in [2.75, 3.05) is 0 Å². The van der Waals surface area contributed by atoms with Crippen LogP contribution in [0.1, 0.15) is 152 Å². The molecule has 40 heavy (non-hydrogen) atoms. The van der Waals surface area contributed by atoms with E-state index in [4.69, 9.17) is 0 Å². The van der Waals surface area contributed by atoms with E-state index >= 15 is 0 Å². The number of hydrogen-bond donors (Lipinski definition) is 0. The molecule has 242 valence electrons. The van der Waals surface area contributed by atoms with Gasteiger partial charge in [0.15, 0.2) is 0 Å². The molecule has 0 aliphatic rings. The lowest BCUT2D eigenvalue weighted by atomic mass is 9.80. The second kappa shape index (κ2) is 23.7. The molecule has 0 aliphatic heterocycles. The van der Waals surface area contributed by atoms with Crippen LogP contribution in [0.25, 0.3) is 0 Å². The molecule has 0 radical (unpaired) electrons. The van der Waals surface area contributed by atoms with Crippen molar-refractivity contribution in [2.45, 2.75) is 152 Å². The van der Waals surface area contributed by atoms with Gasteiger partial charge < -0.3 is 0 Å². The average molecular weight is 565 g/mol. The number of carbonyl (C=O) groups excluding carboxylic acids is 1. The van der Waals surface area contributed by atoms with Crippen molar-refractivity contribution < 1.29 is 4.79 Å². The Kier molecular flexibility index (Phi) is 27.3. The molecular formula is C39H80O. The minimum atomic E-state index is 0.192. The third-order valence-electron chi connectivity index (χ3n) is 9.63. The maximum Gasteiger partial charge on any atom is 0.138 e. The smallest absolute Gasteiger partial charge is 0.138 e. The first-order valence-corrected chi connectivity index (χ1v) is 16.8. The molecule has 0 saturated heterocycles. The van der Waals surface area contributed by atoms with Crippen molar-refractivity contribution in [1.29, 1.82) is 0 Å². The molecule has 0 amide bonds. The summed E-state index contributed by atoms with van der Waals surface area (Å²) >= 11 is 0. The van der Waals surface area contributed by atoms with E-state index in [1.807, 2.05) is 20.8 Å². The van der Waals surface area contributed by atoms with Gasteiger partial charge >= 0.3 is 0 Å². The van der Waals surface area contributed by atoms with E-state index in [1.165, 1.54) is 5.57 Å². The lowest BCUT2D eigenvalue weighted by Gasteiger charge is -2.26. The van der Waals surface area contributed by atoms with Crippen LogP contribution in [0.5, 0.6) is 0 Å². The van der Waals surface area contributed by atoms with Gasteiger partial charge in [0.25, 0.3) is 0 Å². The second-order valence-electron chi connectivity index (χ2n) is 15.2. The van der Waals surface area contributed by atoms with Gasteiger partial charge in [0.05, 0.1) is 0 Å². The third-order valence-corrected chi connectivity index (χ3v) is 9.63. The van der Waals surface area contributed by atoms with Crippen molar-refractivity contribution in [3.05, 3.63) is 23.3 Å². The molecule has 4 atom stereocenters. The zero-order valence-corrected chi connectivity index (χ0v) is 32.0. The van der Waals surface area contributed by atoms with Gasteiger partial charge in [-0.1, -0.05) is 162 Å². The van der Waals surface area contributed by atoms with E-state index in [2.05, 4.69) is 138 Å². The zero-order valence-electron chi connectivity index (χ0n) is 32.0. The predicted octanol–water partition coefficient (Wildman–Crippen LogP) is 13.2. The molecule has 0 spiro atoms. The number of rotatable bonds is 11. The summed E-state index contributed by atoms with van der Waals surface area (Å²) < 4.78 is 0. The van der Waals surface area contributed by atoms with Crippen LogP contribution in [0.4, 0.5) is 0 Å². The molecule has 1 heteroatoms. The third kappa shape index (κ3) is 21.8. The van der Waals surface area contributed by atoms with Gasteiger partial charge in [-0.25, -0.2) is 0 Å². The Labute approximate surface area is 256 Å². The van der Waals surface area contributed by atoms with Gasteiger partial charge in [0, 0.05) is 11.8 Å². The Morgan fingerprint density at radius 1 is 0.400 bits per heavy atom. The topological polar surface area (TPSA) is 17.1 Å². The molecule has 0 saturated carbocycles. The Balaban J connectivity index is -0.000000216. The lowest BCUT2D eigenvalue weighted by Crippen LogP contribution is -2.21. The van der Waals surface area contributed by atoms with E-state index in [9.17, 15) is 4.79 Å². The van der Waals surface area contributed by atoms with Crippen molar-refractivity contribution in [1.82, 2.24) is 0 Å². The van der Waals surface area contributed by atoms with Crippen molar-refractivity contribution in [3.63, 3.8) is 0 Å². The summed E-state index contributed by atoms with van der Waals surface area (Å²) in [6.07, 6.45) is 0. The fourth-order valence-electron chi connectivity index (χ4n) is 3.93. The molecule has 0 N–H and O–H groups in total. The Morgan fingerprint density at radius 2 is 0.675 bits per heavy atom. The van der Waals surface area contributed by atoms with Gasteiger partial charge in [0.1, 0.15) is 5.78 Å². The Morgan fingerprint density at radius 3 is 0.775 bits per heavy atom. The van der Waals surface area contributed by atoms with E-state index in [1.54, 1.807) is 11.1 Å². The van der Waals surface area contributed by atoms with Crippen LogP contribution in [0, 0.1) is 71.0 Å². The van der Waals surface area contributed by atoms with Crippen molar-refractivity contribution >= 4 is 5.78 Å². The fourth-order valence-corrected chi connectivity index (χ4v) is 3.93. The number of Topliss-reactive ketones (excluding diaryl/α,β-unsaturated/α-hetero) is 1. The molecule has 0 bridgehead atoms. The standard InChI is InChI=1S/C10H22.2C10H20.C9H18O/c3*1-7(2)9(5)10(6)8(3)4;1-6(2)8(5)9(10)7(3)4/h7-10H,1-6H3;7-8H,1-6H3;7-8,10H,5H2,1-4,6H3;6-8H,1-5H3/b;10-9-;;. The van der Waals surface area contributed by atoms with Gasteiger partial charge in [-0.2, -0.15) is 0 Å². The molecule has 0 aliphatic carbocycles. The summed E-state index contributed by atoms with van der Waals surface area (Å²) in [6, 6.07) is 0. The van der Waals surface area contributed by atoms with Crippen LogP contribution in [0.2, 0.25) is 0 Å². The van der Waals surface area contributed by atoms with Crippen LogP contribution in [0.15, 0.2) is 23.3 Å². The summed E-state index contributed by atoms with van der Waals surface area (Å²) in [5.74, 6) is 8.12. The predicted molar refractivity (Wildman–Crippen MR) is 188 cm³/mol. The zero-order chi connectivity index (χ0) is 33.2. The van der Waals surface area contributed by atoms with Crippen LogP contribution in [-0.2, 0) is 4.79 Å². The highest BCUT2D eigenvalue weighted by molar-refractivity contribution is 5.82. The molecule has 0 fully saturated rings. The summed E-state index contributed by atoms with van der Waals surface area (Å²) in [5.41, 5.74) is 4.49. The normalized spacial score (nSPS) is 15.2. The Hall–Kier alpha value is -0.850. The van der Waals surface area contributed by atoms with E-state index in [-0.39, 0.29) is 11.8 Å². The fraction of sp³-hybridized carbons (Fsp3) is 0.872. The number of hydrogen-bond acceptors (Lipinski definition) is 1. The SMILES string of the molecule is C/C(=C(\C)C(C)C)C(C)C.C=C(C(C)C)C(C)C(C)C.CC(C)C(=O)C(C)C(C)C.CC(C)C(C)C(C)C(C)C. The quantitative estimate of drug-likeness (QED) is 0.228. The first-order chi connectivity index (χ1) is 17.9. The minimum Gasteiger partial charge on any atom is -0.299 e. The van der Waals surface area contributed by atoms with Gasteiger partial charge in [-0.3, -0.25) is 4.79 Å². The lowest BCUT2D eigenvalue weighted by molar-refractivity contribution is -0.126. The summed E-state index contributed by atoms with van der Waals surface area (Å²) in [5, 5.41) is 0. The van der Waals surface area contributed by atoms with Crippen molar-refractivity contribution in [2.24, 2.45) is 71.0 Å². The number of allylic oxidation sites excluding steroid dienone is 3. The maximum atomic E-state index is 11.3. The first kappa shape index (κ1) is 46.1. The van der Waals surface area contributed by atoms with Crippen LogP contribution in [0.3, 0.4) is 0 Å². The van der Waals surface area contributed by atoms with Crippen LogP contribution in [-0.4, -0.2) is 5.78 Å². The molecule has 0 rings (SSSR count). The highest BCUT2D eigenvalue weighted by Gasteiger charge is 2.19. The summed E-state index contributed by atoms with van der Waals surface area (Å²) in [4.78, 5) is 11.3. The molecule has 0 heterocycles. The average Bonchev–Trinajstić information content (AvgIpc) is 2.85. The van der Waals surface area contributed by atoms with Gasteiger partial charge in [-0.05, 0) is 73.0 Å². The van der Waals surface area contributed by atoms with E-state index in [0.717, 1.165) is 29.6 Å². The summed E-state index contributed by atoms with van der Waals surface area (Å²) in [6.45, 7) is 52.8. The summed E-state index contributed by atoms with van der Waals surface area (Å²) in [7, 11) is 0. The highest BCUT2D eigenvalue weighted by atomic mass is 16.1. The van der Waals surface area contributed by atoms with Crippen molar-refractivity contribution in [3.8, 4) is 0 Å². The Bertz CT molecular complexity index is 611. The van der Waals surface area contributed by atoms with Crippen LogP contribution < -0.4 is 0 Å². The molecule has 1 nitrogen and oxygen atoms in total. The van der Waals surface area contributed by atoms with Crippen LogP contribution >= 0.6 is 0 Å². The minimum absolute atomic E-state index is 0.192. The van der Waals surface area contributed by atoms with Gasteiger partial charge in [-0.15, -0.1) is 0 Å². The van der Waals surface area contributed by atoms with Gasteiger partial charge in [0.2, 0.25) is 0 Å². The monoisotopic (exact) mass is 565 g/mol. The van der Waals surface area contributed by atoms with E-state index < -0.39 is 0 Å². The number of carbonyl (C=O) groups is 1. The highest BCUT2D eigenvalue weighted by Crippen LogP contribution is 2.26. The molecule has 0 aromatic carbocycles. The molecular weight excluding hydrogens is 484 g/mol. The molecule has 0 aromatic rings. The maximum absolute atomic E-state index is 11.3. The largest absolute Gasteiger partial charge is 0.299 e. The van der Waals surface area contributed by atoms with E-state index in [0.29, 0.717) is 35.4 Å². The molecule has 4 unspecified atom stereocenters.